The fourth-order valence-electron chi connectivity index (χ4n) is 5.36. The number of ether oxygens (including phenoxy) is 1. The second kappa shape index (κ2) is 13.5. The van der Waals surface area contributed by atoms with Crippen molar-refractivity contribution in [1.29, 1.82) is 0 Å². The van der Waals surface area contributed by atoms with Crippen molar-refractivity contribution in [2.45, 2.75) is 116 Å². The normalized spacial score (nSPS) is 15.8. The van der Waals surface area contributed by atoms with E-state index < -0.39 is 35.2 Å². The molecular weight excluding hydrogens is 534 g/mol. The second-order valence-corrected chi connectivity index (χ2v) is 13.2. The zero-order valence-electron chi connectivity index (χ0n) is 26.0. The minimum absolute atomic E-state index is 0.0229. The third-order valence-electron chi connectivity index (χ3n) is 7.35. The molecule has 9 nitrogen and oxygen atoms in total. The van der Waals surface area contributed by atoms with Crippen LogP contribution in [0, 0.1) is 6.92 Å². The van der Waals surface area contributed by atoms with Crippen molar-refractivity contribution in [2.75, 3.05) is 0 Å². The molecule has 1 fully saturated rings. The monoisotopic (exact) mass is 581 g/mol. The van der Waals surface area contributed by atoms with Gasteiger partial charge in [-0.2, -0.15) is 0 Å². The molecule has 9 heteroatoms. The van der Waals surface area contributed by atoms with Gasteiger partial charge in [-0.15, -0.1) is 0 Å². The van der Waals surface area contributed by atoms with Crippen molar-refractivity contribution < 1.29 is 29.3 Å². The van der Waals surface area contributed by atoms with Crippen molar-refractivity contribution in [3.05, 3.63) is 59.2 Å². The second-order valence-electron chi connectivity index (χ2n) is 13.2. The Morgan fingerprint density at radius 1 is 0.952 bits per heavy atom. The molecule has 42 heavy (non-hydrogen) atoms. The molecule has 0 saturated heterocycles. The molecule has 3 rings (SSSR count). The van der Waals surface area contributed by atoms with Gasteiger partial charge in [-0.05, 0) is 84.6 Å². The first-order valence-corrected chi connectivity index (χ1v) is 14.8. The number of carbonyl (C=O) groups excluding carboxylic acids is 3. The van der Waals surface area contributed by atoms with Gasteiger partial charge in [0.2, 0.25) is 11.8 Å². The summed E-state index contributed by atoms with van der Waals surface area (Å²) in [6.45, 7) is 12.4. The van der Waals surface area contributed by atoms with Crippen LogP contribution in [0.15, 0.2) is 42.5 Å². The van der Waals surface area contributed by atoms with Crippen LogP contribution in [-0.4, -0.2) is 56.2 Å². The fourth-order valence-corrected chi connectivity index (χ4v) is 5.36. The first kappa shape index (κ1) is 32.8. The van der Waals surface area contributed by atoms with E-state index in [9.17, 15) is 24.6 Å². The minimum Gasteiger partial charge on any atom is -0.508 e. The Morgan fingerprint density at radius 3 is 2.14 bits per heavy atom. The van der Waals surface area contributed by atoms with Crippen LogP contribution in [-0.2, 0) is 20.7 Å². The molecule has 0 heterocycles. The molecule has 0 aliphatic heterocycles. The van der Waals surface area contributed by atoms with Gasteiger partial charge < -0.3 is 30.5 Å². The molecule has 0 bridgehead atoms. The Kier molecular flexibility index (Phi) is 10.5. The number of nitrogens with zero attached hydrogens (tertiary/aromatic N) is 1. The average Bonchev–Trinajstić information content (AvgIpc) is 2.88. The van der Waals surface area contributed by atoms with E-state index in [1.165, 1.54) is 17.0 Å². The SMILES string of the molecule is Cc1cccc(C(C(=O)NC2CCCCC2)N(C(=O)C(Cc2ccc(O)cc2)NC(=O)OC(C)(C)C)C(C)(C)C)c1O. The summed E-state index contributed by atoms with van der Waals surface area (Å²) in [6.07, 6.45) is 4.17. The largest absolute Gasteiger partial charge is 0.508 e. The first-order chi connectivity index (χ1) is 19.6. The summed E-state index contributed by atoms with van der Waals surface area (Å²) in [7, 11) is 0. The Labute approximate surface area is 249 Å². The Bertz CT molecular complexity index is 1240. The minimum atomic E-state index is -1.16. The highest BCUT2D eigenvalue weighted by Gasteiger charge is 2.43. The number of para-hydroxylation sites is 1. The van der Waals surface area contributed by atoms with Gasteiger partial charge in [0, 0.05) is 23.6 Å². The summed E-state index contributed by atoms with van der Waals surface area (Å²) in [5.41, 5.74) is -0.109. The summed E-state index contributed by atoms with van der Waals surface area (Å²) in [5.74, 6) is -0.871. The van der Waals surface area contributed by atoms with Gasteiger partial charge in [-0.3, -0.25) is 9.59 Å². The van der Waals surface area contributed by atoms with Crippen LogP contribution in [0.2, 0.25) is 0 Å². The van der Waals surface area contributed by atoms with Gasteiger partial charge in [0.1, 0.15) is 29.2 Å². The van der Waals surface area contributed by atoms with Crippen molar-refractivity contribution in [2.24, 2.45) is 0 Å². The van der Waals surface area contributed by atoms with Crippen LogP contribution in [0.5, 0.6) is 11.5 Å². The van der Waals surface area contributed by atoms with E-state index >= 15 is 0 Å². The molecule has 230 valence electrons. The highest BCUT2D eigenvalue weighted by atomic mass is 16.6. The number of hydrogen-bond donors (Lipinski definition) is 4. The summed E-state index contributed by atoms with van der Waals surface area (Å²) >= 11 is 0. The molecule has 2 unspecified atom stereocenters. The van der Waals surface area contributed by atoms with Crippen LogP contribution in [0.3, 0.4) is 0 Å². The number of aryl methyl sites for hydroxylation is 1. The Balaban J connectivity index is 2.10. The van der Waals surface area contributed by atoms with Crippen LogP contribution >= 0.6 is 0 Å². The van der Waals surface area contributed by atoms with Crippen molar-refractivity contribution >= 4 is 17.9 Å². The molecular formula is C33H47N3O6. The number of nitrogens with one attached hydrogen (secondary N) is 2. The lowest BCUT2D eigenvalue weighted by Gasteiger charge is -2.43. The predicted molar refractivity (Wildman–Crippen MR) is 162 cm³/mol. The Morgan fingerprint density at radius 2 is 1.57 bits per heavy atom. The number of aromatic hydroxyl groups is 2. The predicted octanol–water partition coefficient (Wildman–Crippen LogP) is 5.66. The van der Waals surface area contributed by atoms with Gasteiger partial charge in [0.25, 0.3) is 0 Å². The maximum absolute atomic E-state index is 14.6. The van der Waals surface area contributed by atoms with Crippen molar-refractivity contribution in [3.8, 4) is 11.5 Å². The van der Waals surface area contributed by atoms with E-state index in [4.69, 9.17) is 4.74 Å². The van der Waals surface area contributed by atoms with Crippen molar-refractivity contribution in [3.63, 3.8) is 0 Å². The molecule has 1 aliphatic rings. The summed E-state index contributed by atoms with van der Waals surface area (Å²) in [6, 6.07) is 9.23. The van der Waals surface area contributed by atoms with E-state index in [1.54, 1.807) is 58.0 Å². The molecule has 2 atom stereocenters. The highest BCUT2D eigenvalue weighted by molar-refractivity contribution is 5.93. The van der Waals surface area contributed by atoms with Gasteiger partial charge in [-0.1, -0.05) is 49.6 Å². The smallest absolute Gasteiger partial charge is 0.408 e. The fraction of sp³-hybridized carbons (Fsp3) is 0.545. The van der Waals surface area contributed by atoms with Crippen molar-refractivity contribution in [1.82, 2.24) is 15.5 Å². The number of phenolic OH excluding ortho intramolecular Hbond substituents is 2. The lowest BCUT2D eigenvalue weighted by Crippen LogP contribution is -2.59. The molecule has 0 radical (unpaired) electrons. The third kappa shape index (κ3) is 8.87. The number of carbonyl (C=O) groups is 3. The zero-order valence-corrected chi connectivity index (χ0v) is 26.0. The lowest BCUT2D eigenvalue weighted by atomic mass is 9.91. The first-order valence-electron chi connectivity index (χ1n) is 14.8. The molecule has 2 aromatic rings. The molecule has 4 N–H and O–H groups in total. The third-order valence-corrected chi connectivity index (χ3v) is 7.35. The van der Waals surface area contributed by atoms with E-state index in [1.807, 2.05) is 20.8 Å². The van der Waals surface area contributed by atoms with Crippen LogP contribution in [0.25, 0.3) is 0 Å². The molecule has 0 spiro atoms. The van der Waals surface area contributed by atoms with Crippen LogP contribution in [0.4, 0.5) is 4.79 Å². The maximum Gasteiger partial charge on any atom is 0.408 e. The van der Waals surface area contributed by atoms with Gasteiger partial charge >= 0.3 is 6.09 Å². The maximum atomic E-state index is 14.6. The van der Waals surface area contributed by atoms with Gasteiger partial charge in [0.05, 0.1) is 0 Å². The average molecular weight is 582 g/mol. The summed E-state index contributed by atoms with van der Waals surface area (Å²) < 4.78 is 5.49. The van der Waals surface area contributed by atoms with E-state index in [0.717, 1.165) is 32.1 Å². The number of rotatable bonds is 8. The Hall–Kier alpha value is -3.75. The van der Waals surface area contributed by atoms with Crippen LogP contribution < -0.4 is 10.6 Å². The number of phenols is 2. The molecule has 1 saturated carbocycles. The van der Waals surface area contributed by atoms with E-state index in [0.29, 0.717) is 16.7 Å². The molecule has 0 aromatic heterocycles. The summed E-state index contributed by atoms with van der Waals surface area (Å²) in [5, 5.41) is 26.8. The van der Waals surface area contributed by atoms with E-state index in [2.05, 4.69) is 10.6 Å². The van der Waals surface area contributed by atoms with Crippen LogP contribution in [0.1, 0.15) is 96.4 Å². The zero-order chi connectivity index (χ0) is 31.2. The van der Waals surface area contributed by atoms with Gasteiger partial charge in [0.15, 0.2) is 0 Å². The molecule has 3 amide bonds. The number of hydrogen-bond acceptors (Lipinski definition) is 6. The standard InChI is InChI=1S/C33H47N3O6/c1-21-12-11-15-25(28(21)38)27(29(39)34-23-13-9-8-10-14-23)36(32(2,3)4)30(40)26(35-31(41)42-33(5,6)7)20-22-16-18-24(37)19-17-22/h11-12,15-19,23,26-27,37-38H,8-10,13-14,20H2,1-7H3,(H,34,39)(H,35,41). The van der Waals surface area contributed by atoms with E-state index in [-0.39, 0.29) is 29.9 Å². The highest BCUT2D eigenvalue weighted by Crippen LogP contribution is 2.36. The molecule has 2 aromatic carbocycles. The lowest BCUT2D eigenvalue weighted by molar-refractivity contribution is -0.148. The molecule has 1 aliphatic carbocycles. The summed E-state index contributed by atoms with van der Waals surface area (Å²) in [4.78, 5) is 43.2. The number of alkyl carbamates (subject to hydrolysis) is 1. The topological polar surface area (TPSA) is 128 Å². The number of amides is 3. The quantitative estimate of drug-likeness (QED) is 0.319. The van der Waals surface area contributed by atoms with Gasteiger partial charge in [-0.25, -0.2) is 4.79 Å². The number of benzene rings is 2.